The highest BCUT2D eigenvalue weighted by atomic mass is 16.5. The van der Waals surface area contributed by atoms with Crippen LogP contribution in [-0.2, 0) is 6.54 Å². The van der Waals surface area contributed by atoms with E-state index in [1.165, 1.54) is 10.9 Å². The van der Waals surface area contributed by atoms with Crippen molar-refractivity contribution in [2.45, 2.75) is 45.4 Å². The van der Waals surface area contributed by atoms with Gasteiger partial charge >= 0.3 is 6.01 Å². The van der Waals surface area contributed by atoms with Crippen LogP contribution in [-0.4, -0.2) is 58.3 Å². The maximum atomic E-state index is 13.3. The first-order valence-electron chi connectivity index (χ1n) is 13.1. The van der Waals surface area contributed by atoms with Gasteiger partial charge in [0.1, 0.15) is 11.5 Å². The number of aromatic nitrogens is 8. The smallest absolute Gasteiger partial charge is 0.318 e. The number of nitrogens with zero attached hydrogens (tertiary/aromatic N) is 8. The number of nitrogens with one attached hydrogen (secondary N) is 2. The maximum Gasteiger partial charge on any atom is 0.318 e. The molecule has 200 valence electrons. The van der Waals surface area contributed by atoms with E-state index >= 15 is 0 Å². The quantitative estimate of drug-likeness (QED) is 0.292. The van der Waals surface area contributed by atoms with Gasteiger partial charge in [0.2, 0.25) is 5.95 Å². The zero-order valence-corrected chi connectivity index (χ0v) is 21.9. The average molecular weight is 527 g/mol. The molecule has 0 radical (unpaired) electrons. The first-order valence-corrected chi connectivity index (χ1v) is 13.1. The van der Waals surface area contributed by atoms with Crippen LogP contribution in [0.2, 0.25) is 0 Å². The summed E-state index contributed by atoms with van der Waals surface area (Å²) in [6.45, 7) is 10.1. The van der Waals surface area contributed by atoms with Crippen LogP contribution in [0.4, 0.5) is 11.6 Å². The number of anilines is 2. The molecule has 1 aromatic carbocycles. The summed E-state index contributed by atoms with van der Waals surface area (Å²) in [5.41, 5.74) is 2.04. The van der Waals surface area contributed by atoms with Crippen molar-refractivity contribution in [3.8, 4) is 11.8 Å². The summed E-state index contributed by atoms with van der Waals surface area (Å²) in [7, 11) is 0. The molecule has 6 rings (SSSR count). The minimum absolute atomic E-state index is 0.0429. The predicted molar refractivity (Wildman–Crippen MR) is 149 cm³/mol. The minimum atomic E-state index is -0.238. The third kappa shape index (κ3) is 4.74. The summed E-state index contributed by atoms with van der Waals surface area (Å²) in [5.74, 6) is 0.817. The molecular formula is C27H30N10O2. The Morgan fingerprint density at radius 1 is 1.18 bits per heavy atom. The summed E-state index contributed by atoms with van der Waals surface area (Å²) in [6, 6.07) is 8.23. The van der Waals surface area contributed by atoms with E-state index in [0.717, 1.165) is 42.5 Å². The normalized spacial score (nSPS) is 14.3. The van der Waals surface area contributed by atoms with Crippen LogP contribution in [0.5, 0.6) is 6.01 Å². The Kier molecular flexibility index (Phi) is 6.53. The van der Waals surface area contributed by atoms with Gasteiger partial charge in [0.25, 0.3) is 5.56 Å². The number of hydrogen-bond acceptors (Lipinski definition) is 9. The molecule has 1 aliphatic heterocycles. The number of fused-ring (bicyclic) bond motifs is 2. The van der Waals surface area contributed by atoms with E-state index in [9.17, 15) is 4.79 Å². The van der Waals surface area contributed by atoms with Gasteiger partial charge in [0.05, 0.1) is 18.3 Å². The molecular weight excluding hydrogens is 496 g/mol. The number of ether oxygens (including phenoxy) is 1. The van der Waals surface area contributed by atoms with Crippen molar-refractivity contribution in [1.82, 2.24) is 44.4 Å². The van der Waals surface area contributed by atoms with Gasteiger partial charge in [-0.2, -0.15) is 15.1 Å². The molecule has 1 fully saturated rings. The third-order valence-electron chi connectivity index (χ3n) is 6.71. The van der Waals surface area contributed by atoms with Crippen LogP contribution in [0.1, 0.15) is 32.7 Å². The van der Waals surface area contributed by atoms with Crippen LogP contribution in [0.15, 0.2) is 60.3 Å². The number of piperidine rings is 1. The average Bonchev–Trinajstić information content (AvgIpc) is 3.48. The van der Waals surface area contributed by atoms with E-state index in [4.69, 9.17) is 9.72 Å². The highest BCUT2D eigenvalue weighted by molar-refractivity contribution is 5.84. The van der Waals surface area contributed by atoms with Gasteiger partial charge in [-0.1, -0.05) is 6.08 Å². The Bertz CT molecular complexity index is 1710. The molecule has 5 heterocycles. The molecule has 0 aliphatic carbocycles. The number of hydrogen-bond donors (Lipinski definition) is 2. The van der Waals surface area contributed by atoms with Crippen LogP contribution in [0.3, 0.4) is 0 Å². The zero-order chi connectivity index (χ0) is 26.9. The van der Waals surface area contributed by atoms with Crippen molar-refractivity contribution >= 4 is 33.6 Å². The van der Waals surface area contributed by atoms with E-state index in [0.29, 0.717) is 22.8 Å². The molecule has 4 aromatic heterocycles. The van der Waals surface area contributed by atoms with Crippen LogP contribution in [0, 0.1) is 0 Å². The van der Waals surface area contributed by atoms with Crippen molar-refractivity contribution in [2.24, 2.45) is 0 Å². The topological polar surface area (TPSA) is 130 Å². The van der Waals surface area contributed by atoms with Crippen molar-refractivity contribution < 1.29 is 4.74 Å². The molecule has 0 bridgehead atoms. The lowest BCUT2D eigenvalue weighted by molar-refractivity contribution is 0.148. The second kappa shape index (κ2) is 10.3. The molecule has 0 saturated carbocycles. The maximum absolute atomic E-state index is 13.3. The van der Waals surface area contributed by atoms with Gasteiger partial charge in [0.15, 0.2) is 11.5 Å². The van der Waals surface area contributed by atoms with Gasteiger partial charge in [-0.15, -0.1) is 6.58 Å². The van der Waals surface area contributed by atoms with Gasteiger partial charge in [0, 0.05) is 35.6 Å². The van der Waals surface area contributed by atoms with Crippen molar-refractivity contribution in [2.75, 3.05) is 18.4 Å². The molecule has 0 amide bonds. The molecule has 1 saturated heterocycles. The molecule has 0 spiro atoms. The van der Waals surface area contributed by atoms with Gasteiger partial charge in [-0.05, 0) is 58.0 Å². The zero-order valence-electron chi connectivity index (χ0n) is 21.9. The molecule has 39 heavy (non-hydrogen) atoms. The largest absolute Gasteiger partial charge is 0.460 e. The Hall–Kier alpha value is -4.58. The summed E-state index contributed by atoms with van der Waals surface area (Å²) < 4.78 is 11.2. The molecule has 0 atom stereocenters. The molecule has 1 aliphatic rings. The molecule has 5 aromatic rings. The standard InChI is InChI=1S/C27H30N10O2/c1-4-13-35-25(38)21-16-30-26(32-19-5-6-22-18(14-19)15-31-36(22)17(2)3)34-24(21)37(35)23-9-12-29-27(33-23)39-20-7-10-28-11-8-20/h4-6,9,12,14-17,20,28H,1,7-8,10-11,13H2,2-3H3,(H,30,32,34). The lowest BCUT2D eigenvalue weighted by Crippen LogP contribution is -2.34. The molecule has 12 nitrogen and oxygen atoms in total. The minimum Gasteiger partial charge on any atom is -0.460 e. The van der Waals surface area contributed by atoms with Crippen molar-refractivity contribution in [3.63, 3.8) is 0 Å². The molecule has 2 N–H and O–H groups in total. The Morgan fingerprint density at radius 2 is 2.03 bits per heavy atom. The first-order chi connectivity index (χ1) is 19.0. The van der Waals surface area contributed by atoms with Crippen LogP contribution >= 0.6 is 0 Å². The van der Waals surface area contributed by atoms with E-state index < -0.39 is 0 Å². The van der Waals surface area contributed by atoms with E-state index in [-0.39, 0.29) is 30.3 Å². The second-order valence-corrected chi connectivity index (χ2v) is 9.76. The molecule has 0 unspecified atom stereocenters. The van der Waals surface area contributed by atoms with E-state index in [2.05, 4.69) is 51.1 Å². The lowest BCUT2D eigenvalue weighted by Gasteiger charge is -2.22. The highest BCUT2D eigenvalue weighted by Crippen LogP contribution is 2.24. The summed E-state index contributed by atoms with van der Waals surface area (Å²) in [5, 5.41) is 12.4. The van der Waals surface area contributed by atoms with Crippen molar-refractivity contribution in [1.29, 1.82) is 0 Å². The van der Waals surface area contributed by atoms with E-state index in [1.54, 1.807) is 23.0 Å². The van der Waals surface area contributed by atoms with E-state index in [1.807, 2.05) is 29.1 Å². The monoisotopic (exact) mass is 526 g/mol. The summed E-state index contributed by atoms with van der Waals surface area (Å²) in [4.78, 5) is 31.4. The fraction of sp³-hybridized carbons (Fsp3) is 0.333. The lowest BCUT2D eigenvalue weighted by atomic mass is 10.1. The Morgan fingerprint density at radius 3 is 2.82 bits per heavy atom. The van der Waals surface area contributed by atoms with Crippen LogP contribution < -0.4 is 20.9 Å². The summed E-state index contributed by atoms with van der Waals surface area (Å²) >= 11 is 0. The molecule has 12 heteroatoms. The van der Waals surface area contributed by atoms with Gasteiger partial charge in [-0.3, -0.25) is 9.48 Å². The van der Waals surface area contributed by atoms with Crippen LogP contribution in [0.25, 0.3) is 27.8 Å². The van der Waals surface area contributed by atoms with Gasteiger partial charge < -0.3 is 15.4 Å². The SMILES string of the molecule is C=CCn1c(=O)c2cnc(Nc3ccc4c(cnn4C(C)C)c3)nc2n1-c1ccnc(OC2CCNCC2)n1. The first kappa shape index (κ1) is 24.7. The highest BCUT2D eigenvalue weighted by Gasteiger charge is 2.20. The van der Waals surface area contributed by atoms with Crippen molar-refractivity contribution in [3.05, 3.63) is 65.9 Å². The Labute approximate surface area is 224 Å². The summed E-state index contributed by atoms with van der Waals surface area (Å²) in [6.07, 6.45) is 8.47. The fourth-order valence-electron chi connectivity index (χ4n) is 4.85. The number of allylic oxidation sites excluding steroid dienone is 1. The van der Waals surface area contributed by atoms with Gasteiger partial charge in [-0.25, -0.2) is 19.3 Å². The predicted octanol–water partition coefficient (Wildman–Crippen LogP) is 3.36. The number of rotatable bonds is 8. The number of benzene rings is 1. The fourth-order valence-corrected chi connectivity index (χ4v) is 4.85. The second-order valence-electron chi connectivity index (χ2n) is 9.76. The Balaban J connectivity index is 1.38. The third-order valence-corrected chi connectivity index (χ3v) is 6.71.